The first-order valence-electron chi connectivity index (χ1n) is 8.65. The zero-order valence-electron chi connectivity index (χ0n) is 15.0. The molecule has 2 aromatic rings. The Morgan fingerprint density at radius 1 is 1.40 bits per heavy atom. The highest BCUT2D eigenvalue weighted by Crippen LogP contribution is 2.31. The summed E-state index contributed by atoms with van der Waals surface area (Å²) in [6.07, 6.45) is 1.55. The minimum Gasteiger partial charge on any atom is -0.497 e. The number of benzene rings is 1. The van der Waals surface area contributed by atoms with Crippen LogP contribution in [0, 0.1) is 19.8 Å². The molecule has 6 nitrogen and oxygen atoms in total. The van der Waals surface area contributed by atoms with Gasteiger partial charge in [-0.25, -0.2) is 0 Å². The van der Waals surface area contributed by atoms with Crippen molar-refractivity contribution in [3.63, 3.8) is 0 Å². The van der Waals surface area contributed by atoms with Crippen molar-refractivity contribution in [1.82, 2.24) is 15.1 Å². The highest BCUT2D eigenvalue weighted by molar-refractivity contribution is 5.79. The van der Waals surface area contributed by atoms with Gasteiger partial charge in [-0.1, -0.05) is 6.07 Å². The van der Waals surface area contributed by atoms with Gasteiger partial charge < -0.3 is 14.8 Å². The second kappa shape index (κ2) is 7.59. The van der Waals surface area contributed by atoms with Gasteiger partial charge in [-0.3, -0.25) is 9.48 Å². The molecule has 3 rings (SSSR count). The lowest BCUT2D eigenvalue weighted by molar-refractivity contribution is -0.126. The second-order valence-corrected chi connectivity index (χ2v) is 6.48. The molecule has 0 aliphatic carbocycles. The first-order chi connectivity index (χ1) is 12.1. The van der Waals surface area contributed by atoms with E-state index in [1.165, 1.54) is 0 Å². The van der Waals surface area contributed by atoms with Crippen molar-refractivity contribution in [1.29, 1.82) is 0 Å². The highest BCUT2D eigenvalue weighted by atomic mass is 16.5. The van der Waals surface area contributed by atoms with E-state index in [4.69, 9.17) is 9.47 Å². The van der Waals surface area contributed by atoms with E-state index < -0.39 is 0 Å². The largest absolute Gasteiger partial charge is 0.497 e. The average molecular weight is 343 g/mol. The minimum absolute atomic E-state index is 0.0508. The molecule has 0 saturated carbocycles. The maximum absolute atomic E-state index is 12.4. The fourth-order valence-electron chi connectivity index (χ4n) is 3.13. The Balaban J connectivity index is 1.46. The number of aryl methyl sites for hydroxylation is 3. The summed E-state index contributed by atoms with van der Waals surface area (Å²) in [4.78, 5) is 12.4. The lowest BCUT2D eigenvalue weighted by Gasteiger charge is -2.25. The maximum Gasteiger partial charge on any atom is 0.226 e. The van der Waals surface area contributed by atoms with Gasteiger partial charge in [-0.05, 0) is 44.4 Å². The molecule has 1 atom stereocenters. The first kappa shape index (κ1) is 17.3. The fourth-order valence-corrected chi connectivity index (χ4v) is 3.13. The normalized spacial score (nSPS) is 16.0. The molecule has 134 valence electrons. The van der Waals surface area contributed by atoms with Crippen molar-refractivity contribution in [2.75, 3.05) is 20.3 Å². The molecule has 1 aliphatic rings. The molecule has 0 bridgehead atoms. The summed E-state index contributed by atoms with van der Waals surface area (Å²) >= 11 is 0. The van der Waals surface area contributed by atoms with E-state index in [1.807, 2.05) is 36.7 Å². The number of ether oxygens (including phenoxy) is 2. The molecule has 0 saturated heterocycles. The molecule has 1 N–H and O–H groups in total. The monoisotopic (exact) mass is 343 g/mol. The van der Waals surface area contributed by atoms with Gasteiger partial charge in [0.1, 0.15) is 18.1 Å². The molecule has 0 spiro atoms. The molecule has 1 aromatic heterocycles. The van der Waals surface area contributed by atoms with E-state index in [2.05, 4.69) is 16.5 Å². The summed E-state index contributed by atoms with van der Waals surface area (Å²) in [6.45, 7) is 5.89. The molecule has 25 heavy (non-hydrogen) atoms. The number of hydrogen-bond donors (Lipinski definition) is 1. The molecule has 1 amide bonds. The number of rotatable bonds is 6. The van der Waals surface area contributed by atoms with E-state index >= 15 is 0 Å². The van der Waals surface area contributed by atoms with Gasteiger partial charge in [-0.2, -0.15) is 5.10 Å². The summed E-state index contributed by atoms with van der Waals surface area (Å²) in [5, 5.41) is 7.45. The summed E-state index contributed by atoms with van der Waals surface area (Å²) in [7, 11) is 1.63. The average Bonchev–Trinajstić information content (AvgIpc) is 2.94. The molecule has 0 fully saturated rings. The number of methoxy groups -OCH3 is 1. The summed E-state index contributed by atoms with van der Waals surface area (Å²) in [6, 6.07) is 7.80. The fraction of sp³-hybridized carbons (Fsp3) is 0.474. The van der Waals surface area contributed by atoms with Crippen LogP contribution < -0.4 is 14.8 Å². The number of carbonyl (C=O) groups excluding carboxylic acids is 1. The van der Waals surface area contributed by atoms with Gasteiger partial charge >= 0.3 is 0 Å². The van der Waals surface area contributed by atoms with Gasteiger partial charge in [0.2, 0.25) is 5.91 Å². The zero-order valence-corrected chi connectivity index (χ0v) is 15.0. The second-order valence-electron chi connectivity index (χ2n) is 6.48. The third-order valence-electron chi connectivity index (χ3n) is 4.50. The third-order valence-corrected chi connectivity index (χ3v) is 4.50. The Labute approximate surface area is 148 Å². The van der Waals surface area contributed by atoms with Crippen molar-refractivity contribution < 1.29 is 14.3 Å². The SMILES string of the molecule is COc1ccc2c(c1)OCC(C(=O)NCCCn1nc(C)cc1C)C2. The van der Waals surface area contributed by atoms with Crippen LogP contribution in [0.4, 0.5) is 0 Å². The quantitative estimate of drug-likeness (QED) is 0.817. The van der Waals surface area contributed by atoms with Gasteiger partial charge in [0, 0.05) is 24.8 Å². The zero-order chi connectivity index (χ0) is 17.8. The van der Waals surface area contributed by atoms with Crippen LogP contribution in [0.25, 0.3) is 0 Å². The standard InChI is InChI=1S/C19H25N3O3/c1-13-9-14(2)22(21-13)8-4-7-20-19(23)16-10-15-5-6-17(24-3)11-18(15)25-12-16/h5-6,9,11,16H,4,7-8,10,12H2,1-3H3,(H,20,23). The van der Waals surface area contributed by atoms with Crippen molar-refractivity contribution in [3.05, 3.63) is 41.2 Å². The number of hydrogen-bond acceptors (Lipinski definition) is 4. The van der Waals surface area contributed by atoms with Gasteiger partial charge in [-0.15, -0.1) is 0 Å². The van der Waals surface area contributed by atoms with Crippen molar-refractivity contribution >= 4 is 5.91 Å². The number of carbonyl (C=O) groups is 1. The van der Waals surface area contributed by atoms with Crippen LogP contribution in [0.5, 0.6) is 11.5 Å². The van der Waals surface area contributed by atoms with Crippen molar-refractivity contribution in [3.8, 4) is 11.5 Å². The predicted octanol–water partition coefficient (Wildman–Crippen LogP) is 2.27. The molecule has 2 heterocycles. The highest BCUT2D eigenvalue weighted by Gasteiger charge is 2.26. The summed E-state index contributed by atoms with van der Waals surface area (Å²) < 4.78 is 12.9. The molecular weight excluding hydrogens is 318 g/mol. The van der Waals surface area contributed by atoms with Gasteiger partial charge in [0.15, 0.2) is 0 Å². The minimum atomic E-state index is -0.144. The van der Waals surface area contributed by atoms with E-state index in [0.29, 0.717) is 19.6 Å². The molecule has 1 aromatic carbocycles. The smallest absolute Gasteiger partial charge is 0.226 e. The molecule has 0 radical (unpaired) electrons. The lowest BCUT2D eigenvalue weighted by Crippen LogP contribution is -2.38. The number of aromatic nitrogens is 2. The van der Waals surface area contributed by atoms with Crippen molar-refractivity contribution in [2.45, 2.75) is 33.2 Å². The van der Waals surface area contributed by atoms with Crippen LogP contribution in [0.3, 0.4) is 0 Å². The predicted molar refractivity (Wildman–Crippen MR) is 95.0 cm³/mol. The Kier molecular flexibility index (Phi) is 5.26. The number of fused-ring (bicyclic) bond motifs is 1. The Bertz CT molecular complexity index is 754. The van der Waals surface area contributed by atoms with Gasteiger partial charge in [0.05, 0.1) is 18.7 Å². The van der Waals surface area contributed by atoms with Crippen LogP contribution in [-0.2, 0) is 17.8 Å². The van der Waals surface area contributed by atoms with E-state index in [-0.39, 0.29) is 11.8 Å². The topological polar surface area (TPSA) is 65.4 Å². The van der Waals surface area contributed by atoms with E-state index in [1.54, 1.807) is 7.11 Å². The molecule has 6 heteroatoms. The third kappa shape index (κ3) is 4.13. The lowest BCUT2D eigenvalue weighted by atomic mass is 9.96. The molecular formula is C19H25N3O3. The number of nitrogens with zero attached hydrogens (tertiary/aromatic N) is 2. The van der Waals surface area contributed by atoms with Crippen LogP contribution in [0.1, 0.15) is 23.4 Å². The maximum atomic E-state index is 12.4. The Hall–Kier alpha value is -2.50. The summed E-state index contributed by atoms with van der Waals surface area (Å²) in [5.41, 5.74) is 3.22. The molecule has 1 unspecified atom stereocenters. The molecule has 1 aliphatic heterocycles. The Morgan fingerprint density at radius 2 is 2.24 bits per heavy atom. The number of amides is 1. The summed E-state index contributed by atoms with van der Waals surface area (Å²) in [5.74, 6) is 1.49. The van der Waals surface area contributed by atoms with Crippen molar-refractivity contribution in [2.24, 2.45) is 5.92 Å². The van der Waals surface area contributed by atoms with Crippen LogP contribution in [0.2, 0.25) is 0 Å². The van der Waals surface area contributed by atoms with Crippen LogP contribution in [0.15, 0.2) is 24.3 Å². The first-order valence-corrected chi connectivity index (χ1v) is 8.65. The Morgan fingerprint density at radius 3 is 2.96 bits per heavy atom. The number of nitrogens with one attached hydrogen (secondary N) is 1. The van der Waals surface area contributed by atoms with Crippen LogP contribution >= 0.6 is 0 Å². The van der Waals surface area contributed by atoms with E-state index in [9.17, 15) is 4.79 Å². The van der Waals surface area contributed by atoms with E-state index in [0.717, 1.165) is 41.4 Å². The van der Waals surface area contributed by atoms with Gasteiger partial charge in [0.25, 0.3) is 0 Å². The van der Waals surface area contributed by atoms with Crippen LogP contribution in [-0.4, -0.2) is 35.9 Å².